The first-order valence-corrected chi connectivity index (χ1v) is 9.67. The number of carbonyl (C=O) groups excluding carboxylic acids is 1. The number of hydrogen-bond donors (Lipinski definition) is 1. The predicted molar refractivity (Wildman–Crippen MR) is 100 cm³/mol. The second-order valence-corrected chi connectivity index (χ2v) is 7.81. The molecule has 0 fully saturated rings. The van der Waals surface area contributed by atoms with Crippen LogP contribution in [0.25, 0.3) is 0 Å². The molecule has 0 aliphatic heterocycles. The molecular formula is C19H24N2O3S. The maximum atomic E-state index is 12.5. The molecule has 0 saturated heterocycles. The summed E-state index contributed by atoms with van der Waals surface area (Å²) in [5.41, 5.74) is 3.45. The maximum Gasteiger partial charge on any atom is 0.242 e. The Labute approximate surface area is 149 Å². The van der Waals surface area contributed by atoms with Crippen LogP contribution in [0.1, 0.15) is 23.6 Å². The van der Waals surface area contributed by atoms with Gasteiger partial charge in [0.25, 0.3) is 0 Å². The number of anilines is 1. The van der Waals surface area contributed by atoms with Gasteiger partial charge < -0.3 is 4.90 Å². The molecular weight excluding hydrogens is 336 g/mol. The van der Waals surface area contributed by atoms with Crippen molar-refractivity contribution >= 4 is 21.6 Å². The van der Waals surface area contributed by atoms with Gasteiger partial charge in [0.1, 0.15) is 0 Å². The van der Waals surface area contributed by atoms with Crippen molar-refractivity contribution in [2.45, 2.75) is 32.6 Å². The first kappa shape index (κ1) is 19.1. The van der Waals surface area contributed by atoms with E-state index in [4.69, 9.17) is 0 Å². The molecule has 0 unspecified atom stereocenters. The van der Waals surface area contributed by atoms with E-state index in [1.165, 1.54) is 0 Å². The summed E-state index contributed by atoms with van der Waals surface area (Å²) in [4.78, 5) is 14.3. The number of sulfonamides is 1. The molecule has 6 heteroatoms. The Morgan fingerprint density at radius 3 is 2.32 bits per heavy atom. The molecule has 0 heterocycles. The van der Waals surface area contributed by atoms with Crippen molar-refractivity contribution < 1.29 is 13.2 Å². The van der Waals surface area contributed by atoms with Crippen molar-refractivity contribution in [2.24, 2.45) is 0 Å². The van der Waals surface area contributed by atoms with Crippen molar-refractivity contribution in [1.82, 2.24) is 4.72 Å². The summed E-state index contributed by atoms with van der Waals surface area (Å²) in [6, 6.07) is 12.7. The van der Waals surface area contributed by atoms with E-state index in [0.717, 1.165) is 16.8 Å². The third-order valence-electron chi connectivity index (χ3n) is 3.96. The quantitative estimate of drug-likeness (QED) is 0.861. The van der Waals surface area contributed by atoms with Crippen molar-refractivity contribution in [3.8, 4) is 0 Å². The normalized spacial score (nSPS) is 11.4. The van der Waals surface area contributed by atoms with Crippen LogP contribution in [0.3, 0.4) is 0 Å². The summed E-state index contributed by atoms with van der Waals surface area (Å²) in [5.74, 6) is -0.290. The van der Waals surface area contributed by atoms with Gasteiger partial charge >= 0.3 is 0 Å². The van der Waals surface area contributed by atoms with Crippen LogP contribution in [0.15, 0.2) is 47.4 Å². The van der Waals surface area contributed by atoms with E-state index in [1.54, 1.807) is 24.0 Å². The van der Waals surface area contributed by atoms with Crippen LogP contribution < -0.4 is 9.62 Å². The van der Waals surface area contributed by atoms with Crippen LogP contribution >= 0.6 is 0 Å². The van der Waals surface area contributed by atoms with Crippen molar-refractivity contribution in [3.63, 3.8) is 0 Å². The molecule has 0 saturated carbocycles. The van der Waals surface area contributed by atoms with Crippen molar-refractivity contribution in [3.05, 3.63) is 59.2 Å². The van der Waals surface area contributed by atoms with Gasteiger partial charge in [-0.3, -0.25) is 4.79 Å². The Kier molecular flexibility index (Phi) is 5.98. The average Bonchev–Trinajstić information content (AvgIpc) is 2.53. The molecule has 0 bridgehead atoms. The predicted octanol–water partition coefficient (Wildman–Crippen LogP) is 2.94. The minimum absolute atomic E-state index is 0.199. The van der Waals surface area contributed by atoms with Crippen LogP contribution in [0.2, 0.25) is 0 Å². The monoisotopic (exact) mass is 360 g/mol. The Hall–Kier alpha value is -2.18. The fraction of sp³-hybridized carbons (Fsp3) is 0.316. The zero-order valence-corrected chi connectivity index (χ0v) is 15.9. The van der Waals surface area contributed by atoms with Crippen molar-refractivity contribution in [1.29, 1.82) is 0 Å². The zero-order valence-electron chi connectivity index (χ0n) is 15.0. The number of aryl methyl sites for hydroxylation is 3. The summed E-state index contributed by atoms with van der Waals surface area (Å²) in [7, 11) is -3.73. The number of nitrogens with one attached hydrogen (secondary N) is 1. The van der Waals surface area contributed by atoms with E-state index in [-0.39, 0.29) is 17.3 Å². The first-order chi connectivity index (χ1) is 11.7. The number of amides is 1. The summed E-state index contributed by atoms with van der Waals surface area (Å²) >= 11 is 0. The van der Waals surface area contributed by atoms with Gasteiger partial charge in [-0.15, -0.1) is 0 Å². The van der Waals surface area contributed by atoms with Gasteiger partial charge in [0.15, 0.2) is 0 Å². The Balaban J connectivity index is 2.14. The fourth-order valence-corrected chi connectivity index (χ4v) is 3.93. The number of rotatable bonds is 6. The van der Waals surface area contributed by atoms with Crippen LogP contribution in [0.4, 0.5) is 5.69 Å². The third-order valence-corrected chi connectivity index (χ3v) is 5.53. The minimum atomic E-state index is -3.73. The van der Waals surface area contributed by atoms with E-state index in [9.17, 15) is 13.2 Å². The Bertz CT molecular complexity index is 876. The smallest absolute Gasteiger partial charge is 0.242 e. The van der Waals surface area contributed by atoms with Gasteiger partial charge in [-0.1, -0.05) is 29.8 Å². The molecule has 25 heavy (non-hydrogen) atoms. The van der Waals surface area contributed by atoms with Gasteiger partial charge in [0.05, 0.1) is 11.4 Å². The highest BCUT2D eigenvalue weighted by molar-refractivity contribution is 7.89. The standard InChI is InChI=1S/C19H24N2O3S/c1-5-21(17-8-6-7-14(2)12-17)19(22)13-20-25(23,24)18-10-9-15(3)11-16(18)4/h6-12,20H,5,13H2,1-4H3. The molecule has 5 nitrogen and oxygen atoms in total. The highest BCUT2D eigenvalue weighted by Gasteiger charge is 2.20. The largest absolute Gasteiger partial charge is 0.312 e. The van der Waals surface area contributed by atoms with Gasteiger partial charge in [-0.05, 0) is 57.0 Å². The fourth-order valence-electron chi connectivity index (χ4n) is 2.73. The molecule has 1 N–H and O–H groups in total. The highest BCUT2D eigenvalue weighted by atomic mass is 32.2. The lowest BCUT2D eigenvalue weighted by molar-refractivity contribution is -0.117. The van der Waals surface area contributed by atoms with Gasteiger partial charge in [0.2, 0.25) is 15.9 Å². The van der Waals surface area contributed by atoms with Crippen LogP contribution in [0.5, 0.6) is 0 Å². The van der Waals surface area contributed by atoms with Gasteiger partial charge in [-0.25, -0.2) is 13.1 Å². The molecule has 2 aromatic rings. The number of nitrogens with zero attached hydrogens (tertiary/aromatic N) is 1. The molecule has 134 valence electrons. The second-order valence-electron chi connectivity index (χ2n) is 6.07. The van der Waals surface area contributed by atoms with Gasteiger partial charge in [0, 0.05) is 12.2 Å². The minimum Gasteiger partial charge on any atom is -0.312 e. The van der Waals surface area contributed by atoms with Crippen LogP contribution in [-0.2, 0) is 14.8 Å². The topological polar surface area (TPSA) is 66.5 Å². The molecule has 0 atom stereocenters. The van der Waals surface area contributed by atoms with E-state index in [0.29, 0.717) is 12.1 Å². The molecule has 2 aromatic carbocycles. The highest BCUT2D eigenvalue weighted by Crippen LogP contribution is 2.18. The van der Waals surface area contributed by atoms with Crippen molar-refractivity contribution in [2.75, 3.05) is 18.0 Å². The van der Waals surface area contributed by atoms with Crippen LogP contribution in [0, 0.1) is 20.8 Å². The van der Waals surface area contributed by atoms with E-state index in [1.807, 2.05) is 51.1 Å². The molecule has 0 aliphatic rings. The van der Waals surface area contributed by atoms with E-state index >= 15 is 0 Å². The zero-order chi connectivity index (χ0) is 18.6. The molecule has 0 aromatic heterocycles. The molecule has 0 radical (unpaired) electrons. The van der Waals surface area contributed by atoms with Gasteiger partial charge in [-0.2, -0.15) is 0 Å². The lowest BCUT2D eigenvalue weighted by Gasteiger charge is -2.22. The number of likely N-dealkylation sites (N-methyl/N-ethyl adjacent to an activating group) is 1. The van der Waals surface area contributed by atoms with E-state index < -0.39 is 10.0 Å². The maximum absolute atomic E-state index is 12.5. The third kappa shape index (κ3) is 4.67. The average molecular weight is 360 g/mol. The first-order valence-electron chi connectivity index (χ1n) is 8.18. The molecule has 0 aliphatic carbocycles. The number of hydrogen-bond acceptors (Lipinski definition) is 3. The molecule has 0 spiro atoms. The van der Waals surface area contributed by atoms with Crippen LogP contribution in [-0.4, -0.2) is 27.4 Å². The number of benzene rings is 2. The molecule has 1 amide bonds. The molecule has 2 rings (SSSR count). The summed E-state index contributed by atoms with van der Waals surface area (Å²) in [6.45, 7) is 7.64. The summed E-state index contributed by atoms with van der Waals surface area (Å²) < 4.78 is 27.4. The summed E-state index contributed by atoms with van der Waals surface area (Å²) in [5, 5.41) is 0. The lowest BCUT2D eigenvalue weighted by Crippen LogP contribution is -2.40. The second kappa shape index (κ2) is 7.80. The lowest BCUT2D eigenvalue weighted by atomic mass is 10.2. The Morgan fingerprint density at radius 2 is 1.72 bits per heavy atom. The summed E-state index contributed by atoms with van der Waals surface area (Å²) in [6.07, 6.45) is 0. The Morgan fingerprint density at radius 1 is 1.04 bits per heavy atom. The number of carbonyl (C=O) groups is 1. The SMILES string of the molecule is CCN(C(=O)CNS(=O)(=O)c1ccc(C)cc1C)c1cccc(C)c1. The van der Waals surface area contributed by atoms with E-state index in [2.05, 4.69) is 4.72 Å².